The normalized spacial score (nSPS) is 15.1. The van der Waals surface area contributed by atoms with Gasteiger partial charge in [-0.3, -0.25) is 0 Å². The van der Waals surface area contributed by atoms with Crippen LogP contribution in [0.2, 0.25) is 0 Å². The molecule has 8 nitrogen and oxygen atoms in total. The van der Waals surface area contributed by atoms with Gasteiger partial charge in [-0.25, -0.2) is 28.3 Å². The number of pyridine rings is 1. The summed E-state index contributed by atoms with van der Waals surface area (Å²) in [6.45, 7) is 6.73. The summed E-state index contributed by atoms with van der Waals surface area (Å²) in [5.41, 5.74) is 6.47. The maximum absolute atomic E-state index is 11.5. The minimum absolute atomic E-state index is 0.156. The third kappa shape index (κ3) is 5.88. The van der Waals surface area contributed by atoms with E-state index in [4.69, 9.17) is 15.1 Å². The molecule has 0 aliphatic heterocycles. The Balaban J connectivity index is 0.000000237. The fourth-order valence-electron chi connectivity index (χ4n) is 4.68. The van der Waals surface area contributed by atoms with Crippen molar-refractivity contribution in [1.29, 1.82) is 0 Å². The molecule has 1 saturated carbocycles. The Morgan fingerprint density at radius 3 is 2.46 bits per heavy atom. The Hall–Kier alpha value is -3.60. The molecule has 3 N–H and O–H groups in total. The van der Waals surface area contributed by atoms with Gasteiger partial charge in [-0.15, -0.1) is 11.3 Å². The first-order chi connectivity index (χ1) is 18.5. The number of allylic oxidation sites excluding steroid dienone is 2. The number of carbonyl (C=O) groups is 1. The third-order valence-electron chi connectivity index (χ3n) is 6.78. The first-order valence-electron chi connectivity index (χ1n) is 12.7. The van der Waals surface area contributed by atoms with Crippen LogP contribution in [0.1, 0.15) is 57.6 Å². The molecule has 0 amide bonds. The van der Waals surface area contributed by atoms with Crippen LogP contribution in [0.25, 0.3) is 16.7 Å². The number of fused-ring (bicyclic) bond motifs is 1. The molecule has 0 bridgehead atoms. The fraction of sp³-hybridized carbons (Fsp3) is 0.276. The summed E-state index contributed by atoms with van der Waals surface area (Å²) in [6, 6.07) is 12.6. The van der Waals surface area contributed by atoms with Gasteiger partial charge >= 0.3 is 5.97 Å². The highest BCUT2D eigenvalue weighted by Gasteiger charge is 2.30. The number of aliphatic carboxylic acids is 1. The molecule has 0 unspecified atom stereocenters. The summed E-state index contributed by atoms with van der Waals surface area (Å²) in [5, 5.41) is 14.3. The standard InChI is InChI=1S/C22H21N3O2S.C7H9NO2S/c1-12-10-13(2)23-21-19(12)24-20(14-6-7-14)25(21)11-15-8-9-18(28-15)16-4-3-5-17(16)22(26)27;1-6-2-4-7(5-3-6)11(8,9)10/h3,5,8-10,14H,4,6-7,11H2,1-2H3,(H,26,27);2-5H,1H3,(H2,8,9,10). The summed E-state index contributed by atoms with van der Waals surface area (Å²) in [6.07, 6.45) is 6.70. The van der Waals surface area contributed by atoms with Crippen LogP contribution in [-0.2, 0) is 21.4 Å². The molecule has 3 aromatic heterocycles. The average molecular weight is 563 g/mol. The minimum Gasteiger partial charge on any atom is -0.478 e. The smallest absolute Gasteiger partial charge is 0.336 e. The maximum Gasteiger partial charge on any atom is 0.336 e. The number of thiophene rings is 1. The van der Waals surface area contributed by atoms with Crippen molar-refractivity contribution in [1.82, 2.24) is 14.5 Å². The first-order valence-corrected chi connectivity index (χ1v) is 15.0. The molecular weight excluding hydrogens is 532 g/mol. The lowest BCUT2D eigenvalue weighted by Gasteiger charge is -2.07. The second-order valence-corrected chi connectivity index (χ2v) is 12.7. The van der Waals surface area contributed by atoms with Gasteiger partial charge in [0.2, 0.25) is 10.0 Å². The molecule has 3 heterocycles. The molecule has 10 heteroatoms. The second kappa shape index (κ2) is 10.5. The van der Waals surface area contributed by atoms with Gasteiger partial charge in [0.25, 0.3) is 0 Å². The molecule has 6 rings (SSSR count). The lowest BCUT2D eigenvalue weighted by molar-refractivity contribution is -0.132. The number of carboxylic acids is 1. The Morgan fingerprint density at radius 1 is 1.10 bits per heavy atom. The molecule has 0 spiro atoms. The number of hydrogen-bond acceptors (Lipinski definition) is 6. The summed E-state index contributed by atoms with van der Waals surface area (Å²) in [5.74, 6) is 0.818. The molecule has 4 aromatic rings. The SMILES string of the molecule is Cc1cc(C)c2nc(C3CC3)n(Cc3ccc(C4=C(C(=O)O)C=CC4)s3)c2n1.Cc1ccc(S(N)(=O)=O)cc1. The van der Waals surface area contributed by atoms with Crippen molar-refractivity contribution in [3.8, 4) is 0 Å². The molecule has 0 saturated heterocycles. The molecular formula is C29H30N4O4S2. The van der Waals surface area contributed by atoms with Gasteiger partial charge in [0.1, 0.15) is 11.3 Å². The van der Waals surface area contributed by atoms with Crippen molar-refractivity contribution < 1.29 is 18.3 Å². The minimum atomic E-state index is -3.52. The van der Waals surface area contributed by atoms with Gasteiger partial charge in [0.05, 0.1) is 17.0 Å². The Bertz CT molecular complexity index is 1740. The van der Waals surface area contributed by atoms with E-state index >= 15 is 0 Å². The van der Waals surface area contributed by atoms with Crippen LogP contribution in [0, 0.1) is 20.8 Å². The van der Waals surface area contributed by atoms with Crippen molar-refractivity contribution in [3.05, 3.63) is 92.6 Å². The lowest BCUT2D eigenvalue weighted by atomic mass is 10.1. The number of nitrogens with zero attached hydrogens (tertiary/aromatic N) is 3. The van der Waals surface area contributed by atoms with Gasteiger partial charge in [-0.1, -0.05) is 29.8 Å². The van der Waals surface area contributed by atoms with E-state index in [1.807, 2.05) is 26.0 Å². The van der Waals surface area contributed by atoms with Crippen LogP contribution < -0.4 is 5.14 Å². The number of hydrogen-bond donors (Lipinski definition) is 2. The number of carboxylic acid groups (broad SMARTS) is 1. The molecule has 39 heavy (non-hydrogen) atoms. The molecule has 2 aliphatic rings. The number of sulfonamides is 1. The van der Waals surface area contributed by atoms with Crippen LogP contribution in [-0.4, -0.2) is 34.0 Å². The lowest BCUT2D eigenvalue weighted by Crippen LogP contribution is -2.11. The number of nitrogens with two attached hydrogens (primary N) is 1. The zero-order valence-corrected chi connectivity index (χ0v) is 23.6. The summed E-state index contributed by atoms with van der Waals surface area (Å²) in [7, 11) is -3.52. The molecule has 202 valence electrons. The fourth-order valence-corrected chi connectivity index (χ4v) is 6.26. The van der Waals surface area contributed by atoms with Crippen molar-refractivity contribution in [2.45, 2.75) is 57.4 Å². The zero-order valence-electron chi connectivity index (χ0n) is 22.0. The van der Waals surface area contributed by atoms with Gasteiger partial charge in [-0.2, -0.15) is 0 Å². The summed E-state index contributed by atoms with van der Waals surface area (Å²) in [4.78, 5) is 23.6. The van der Waals surface area contributed by atoms with E-state index in [1.54, 1.807) is 29.5 Å². The van der Waals surface area contributed by atoms with E-state index in [9.17, 15) is 18.3 Å². The number of primary sulfonamides is 1. The van der Waals surface area contributed by atoms with E-state index < -0.39 is 16.0 Å². The third-order valence-corrected chi connectivity index (χ3v) is 8.84. The number of aromatic nitrogens is 3. The van der Waals surface area contributed by atoms with Gasteiger partial charge < -0.3 is 9.67 Å². The highest BCUT2D eigenvalue weighted by atomic mass is 32.2. The van der Waals surface area contributed by atoms with E-state index in [0.29, 0.717) is 17.9 Å². The quantitative estimate of drug-likeness (QED) is 0.320. The summed E-state index contributed by atoms with van der Waals surface area (Å²) >= 11 is 1.67. The van der Waals surface area contributed by atoms with Gasteiger partial charge in [0.15, 0.2) is 5.65 Å². The van der Waals surface area contributed by atoms with E-state index in [2.05, 4.69) is 23.6 Å². The maximum atomic E-state index is 11.5. The van der Waals surface area contributed by atoms with Crippen molar-refractivity contribution in [2.24, 2.45) is 5.14 Å². The van der Waals surface area contributed by atoms with E-state index in [0.717, 1.165) is 45.2 Å². The average Bonchev–Trinajstić information content (AvgIpc) is 3.25. The van der Waals surface area contributed by atoms with Crippen molar-refractivity contribution >= 4 is 44.1 Å². The molecule has 1 fully saturated rings. The first kappa shape index (κ1) is 27.0. The number of imidazole rings is 1. The van der Waals surface area contributed by atoms with Crippen molar-refractivity contribution in [2.75, 3.05) is 0 Å². The summed E-state index contributed by atoms with van der Waals surface area (Å²) < 4.78 is 23.7. The van der Waals surface area contributed by atoms with Crippen molar-refractivity contribution in [3.63, 3.8) is 0 Å². The van der Waals surface area contributed by atoms with Crippen LogP contribution in [0.15, 0.2) is 65.1 Å². The Morgan fingerprint density at radius 2 is 1.82 bits per heavy atom. The predicted molar refractivity (Wildman–Crippen MR) is 153 cm³/mol. The van der Waals surface area contributed by atoms with Crippen LogP contribution in [0.5, 0.6) is 0 Å². The Labute approximate surface area is 231 Å². The molecule has 2 aliphatic carbocycles. The topological polar surface area (TPSA) is 128 Å². The highest BCUT2D eigenvalue weighted by molar-refractivity contribution is 7.89. The number of aryl methyl sites for hydroxylation is 3. The number of benzene rings is 1. The predicted octanol–water partition coefficient (Wildman–Crippen LogP) is 5.48. The van der Waals surface area contributed by atoms with Gasteiger partial charge in [-0.05, 0) is 81.5 Å². The van der Waals surface area contributed by atoms with Gasteiger partial charge in [0, 0.05) is 21.4 Å². The molecule has 0 radical (unpaired) electrons. The largest absolute Gasteiger partial charge is 0.478 e. The van der Waals surface area contributed by atoms with Crippen LogP contribution >= 0.6 is 11.3 Å². The molecule has 0 atom stereocenters. The van der Waals surface area contributed by atoms with E-state index in [1.165, 1.54) is 35.4 Å². The molecule has 1 aromatic carbocycles. The Kier molecular flexibility index (Phi) is 7.28. The number of rotatable bonds is 6. The monoisotopic (exact) mass is 562 g/mol. The van der Waals surface area contributed by atoms with Crippen LogP contribution in [0.3, 0.4) is 0 Å². The zero-order chi connectivity index (χ0) is 27.9. The van der Waals surface area contributed by atoms with E-state index in [-0.39, 0.29) is 4.90 Å². The second-order valence-electron chi connectivity index (χ2n) is 10.0. The highest BCUT2D eigenvalue weighted by Crippen LogP contribution is 2.41. The van der Waals surface area contributed by atoms with Crippen LogP contribution in [0.4, 0.5) is 0 Å².